The van der Waals surface area contributed by atoms with Crippen LogP contribution in [0.4, 0.5) is 8.78 Å². The summed E-state index contributed by atoms with van der Waals surface area (Å²) in [4.78, 5) is 0. The van der Waals surface area contributed by atoms with E-state index in [0.717, 1.165) is 0 Å². The minimum atomic E-state index is -0.841. The van der Waals surface area contributed by atoms with Crippen LogP contribution in [0.3, 0.4) is 0 Å². The molecule has 2 aromatic rings. The zero-order valence-corrected chi connectivity index (χ0v) is 13.3. The molecule has 0 aliphatic rings. The lowest BCUT2D eigenvalue weighted by Crippen LogP contribution is -2.34. The first-order chi connectivity index (χ1) is 10.0. The van der Waals surface area contributed by atoms with E-state index in [-0.39, 0.29) is 24.0 Å². The van der Waals surface area contributed by atoms with Crippen LogP contribution in [0.5, 0.6) is 0 Å². The molecular weight excluding hydrogens is 337 g/mol. The van der Waals surface area contributed by atoms with Gasteiger partial charge in [0.05, 0.1) is 0 Å². The van der Waals surface area contributed by atoms with E-state index >= 15 is 0 Å². The van der Waals surface area contributed by atoms with Crippen LogP contribution in [0.25, 0.3) is 0 Å². The first kappa shape index (κ1) is 16.5. The fourth-order valence-electron chi connectivity index (χ4n) is 2.30. The highest BCUT2D eigenvalue weighted by Gasteiger charge is 2.34. The smallest absolute Gasteiger partial charge is 0.127 e. The maximum Gasteiger partial charge on any atom is 0.127 e. The Kier molecular flexibility index (Phi) is 5.48. The van der Waals surface area contributed by atoms with Crippen LogP contribution >= 0.6 is 34.8 Å². The molecule has 0 amide bonds. The number of benzene rings is 2. The molecule has 0 saturated carbocycles. The van der Waals surface area contributed by atoms with Crippen molar-refractivity contribution in [1.29, 1.82) is 0 Å². The van der Waals surface area contributed by atoms with Gasteiger partial charge in [0.25, 0.3) is 0 Å². The Hall–Kier alpha value is -0.830. The van der Waals surface area contributed by atoms with Crippen molar-refractivity contribution >= 4 is 34.8 Å². The van der Waals surface area contributed by atoms with Gasteiger partial charge in [0.2, 0.25) is 0 Å². The molecule has 2 aromatic carbocycles. The van der Waals surface area contributed by atoms with Crippen LogP contribution in [0, 0.1) is 11.6 Å². The van der Waals surface area contributed by atoms with Crippen molar-refractivity contribution in [2.24, 2.45) is 0 Å². The largest absolute Gasteiger partial charge is 0.207 e. The SMILES string of the molecule is Fc1ccc(Cl)c(CC(CCl)(CCl)c2ccccc2F)c1. The third kappa shape index (κ3) is 3.50. The first-order valence-corrected chi connectivity index (χ1v) is 7.78. The Labute approximate surface area is 137 Å². The van der Waals surface area contributed by atoms with Crippen LogP contribution in [0.2, 0.25) is 5.02 Å². The van der Waals surface area contributed by atoms with E-state index in [4.69, 9.17) is 34.8 Å². The molecule has 0 aromatic heterocycles. The summed E-state index contributed by atoms with van der Waals surface area (Å²) < 4.78 is 27.5. The fraction of sp³-hybridized carbons (Fsp3) is 0.250. The number of alkyl halides is 2. The van der Waals surface area contributed by atoms with Crippen molar-refractivity contribution in [2.75, 3.05) is 11.8 Å². The summed E-state index contributed by atoms with van der Waals surface area (Å²) in [5, 5.41) is 0.410. The molecule has 0 nitrogen and oxygen atoms in total. The van der Waals surface area contributed by atoms with E-state index < -0.39 is 11.2 Å². The van der Waals surface area contributed by atoms with E-state index in [2.05, 4.69) is 0 Å². The molecule has 0 bridgehead atoms. The van der Waals surface area contributed by atoms with E-state index in [1.54, 1.807) is 18.2 Å². The normalized spacial score (nSPS) is 11.7. The highest BCUT2D eigenvalue weighted by molar-refractivity contribution is 6.31. The third-order valence-electron chi connectivity index (χ3n) is 3.49. The minimum absolute atomic E-state index is 0.101. The summed E-state index contributed by atoms with van der Waals surface area (Å²) in [6, 6.07) is 10.4. The number of halogens is 5. The van der Waals surface area contributed by atoms with Gasteiger partial charge < -0.3 is 0 Å². The molecule has 0 aliphatic carbocycles. The molecule has 0 aliphatic heterocycles. The van der Waals surface area contributed by atoms with Crippen LogP contribution in [0.15, 0.2) is 42.5 Å². The Morgan fingerprint density at radius 3 is 2.24 bits per heavy atom. The second-order valence-electron chi connectivity index (χ2n) is 4.94. The molecular formula is C16H13Cl3F2. The van der Waals surface area contributed by atoms with Gasteiger partial charge in [-0.15, -0.1) is 23.2 Å². The molecule has 0 fully saturated rings. The summed E-state index contributed by atoms with van der Waals surface area (Å²) in [5.74, 6) is -0.582. The molecule has 112 valence electrons. The lowest BCUT2D eigenvalue weighted by atomic mass is 9.78. The molecule has 0 radical (unpaired) electrons. The van der Waals surface area contributed by atoms with E-state index in [9.17, 15) is 8.78 Å². The summed E-state index contributed by atoms with van der Waals surface area (Å²) in [6.45, 7) is 0. The van der Waals surface area contributed by atoms with Crippen molar-refractivity contribution in [1.82, 2.24) is 0 Å². The highest BCUT2D eigenvalue weighted by Crippen LogP contribution is 2.35. The monoisotopic (exact) mass is 348 g/mol. The molecule has 0 saturated heterocycles. The van der Waals surface area contributed by atoms with Crippen LogP contribution in [-0.2, 0) is 11.8 Å². The van der Waals surface area contributed by atoms with Crippen molar-refractivity contribution in [3.63, 3.8) is 0 Å². The average Bonchev–Trinajstić information content (AvgIpc) is 2.49. The Bertz CT molecular complexity index is 625. The van der Waals surface area contributed by atoms with Crippen molar-refractivity contribution in [2.45, 2.75) is 11.8 Å². The molecule has 0 unspecified atom stereocenters. The predicted molar refractivity (Wildman–Crippen MR) is 84.6 cm³/mol. The van der Waals surface area contributed by atoms with Crippen molar-refractivity contribution in [3.05, 3.63) is 70.2 Å². The molecule has 2 rings (SSSR count). The zero-order chi connectivity index (χ0) is 15.5. The van der Waals surface area contributed by atoms with Gasteiger partial charge in [-0.25, -0.2) is 8.78 Å². The summed E-state index contributed by atoms with van der Waals surface area (Å²) in [6.07, 6.45) is 0.261. The van der Waals surface area contributed by atoms with Crippen LogP contribution < -0.4 is 0 Å². The van der Waals surface area contributed by atoms with Crippen LogP contribution in [-0.4, -0.2) is 11.8 Å². The number of rotatable bonds is 5. The lowest BCUT2D eigenvalue weighted by molar-refractivity contribution is 0.489. The Balaban J connectivity index is 2.48. The minimum Gasteiger partial charge on any atom is -0.207 e. The van der Waals surface area contributed by atoms with Crippen LogP contribution in [0.1, 0.15) is 11.1 Å². The maximum absolute atomic E-state index is 14.1. The molecule has 0 spiro atoms. The van der Waals surface area contributed by atoms with Gasteiger partial charge in [-0.1, -0.05) is 29.8 Å². The van der Waals surface area contributed by atoms with Crippen molar-refractivity contribution in [3.8, 4) is 0 Å². The molecule has 0 N–H and O–H groups in total. The molecule has 5 heteroatoms. The summed E-state index contributed by atoms with van der Waals surface area (Å²) in [7, 11) is 0. The average molecular weight is 350 g/mol. The standard InChI is InChI=1S/C16H13Cl3F2/c17-9-16(10-18,13-3-1-2-4-15(13)21)8-11-7-12(20)5-6-14(11)19/h1-7H,8-10H2. The second kappa shape index (κ2) is 6.95. The topological polar surface area (TPSA) is 0 Å². The molecule has 0 atom stereocenters. The van der Waals surface area contributed by atoms with Gasteiger partial charge in [-0.2, -0.15) is 0 Å². The van der Waals surface area contributed by atoms with Gasteiger partial charge in [0.1, 0.15) is 11.6 Å². The zero-order valence-electron chi connectivity index (χ0n) is 11.1. The quantitative estimate of drug-likeness (QED) is 0.618. The summed E-state index contributed by atoms with van der Waals surface area (Å²) >= 11 is 18.3. The maximum atomic E-state index is 14.1. The second-order valence-corrected chi connectivity index (χ2v) is 5.88. The van der Waals surface area contributed by atoms with Gasteiger partial charge in [0, 0.05) is 22.2 Å². The first-order valence-electron chi connectivity index (χ1n) is 6.33. The fourth-order valence-corrected chi connectivity index (χ4v) is 3.25. The number of hydrogen-bond donors (Lipinski definition) is 0. The lowest BCUT2D eigenvalue weighted by Gasteiger charge is -2.31. The van der Waals surface area contributed by atoms with E-state index in [0.29, 0.717) is 16.1 Å². The Morgan fingerprint density at radius 2 is 1.62 bits per heavy atom. The van der Waals surface area contributed by atoms with Gasteiger partial charge in [-0.3, -0.25) is 0 Å². The van der Waals surface area contributed by atoms with Crippen molar-refractivity contribution < 1.29 is 8.78 Å². The predicted octanol–water partition coefficient (Wildman–Crippen LogP) is 5.58. The van der Waals surface area contributed by atoms with E-state index in [1.165, 1.54) is 24.3 Å². The van der Waals surface area contributed by atoms with Gasteiger partial charge in [-0.05, 0) is 41.8 Å². The Morgan fingerprint density at radius 1 is 0.952 bits per heavy atom. The van der Waals surface area contributed by atoms with Gasteiger partial charge in [0.15, 0.2) is 0 Å². The molecule has 21 heavy (non-hydrogen) atoms. The number of hydrogen-bond acceptors (Lipinski definition) is 0. The van der Waals surface area contributed by atoms with Gasteiger partial charge >= 0.3 is 0 Å². The third-order valence-corrected chi connectivity index (χ3v) is 4.89. The summed E-state index contributed by atoms with van der Waals surface area (Å²) in [5.41, 5.74) is 0.128. The molecule has 0 heterocycles. The highest BCUT2D eigenvalue weighted by atomic mass is 35.5. The van der Waals surface area contributed by atoms with E-state index in [1.807, 2.05) is 0 Å².